The molecule has 25 heavy (non-hydrogen) atoms. The number of amides is 1. The van der Waals surface area contributed by atoms with E-state index in [4.69, 9.17) is 10.5 Å². The van der Waals surface area contributed by atoms with E-state index >= 15 is 0 Å². The number of carbonyl (C=O) groups excluding carboxylic acids is 1. The molecule has 3 heterocycles. The van der Waals surface area contributed by atoms with Crippen LogP contribution in [-0.4, -0.2) is 48.2 Å². The van der Waals surface area contributed by atoms with E-state index in [1.165, 1.54) is 13.3 Å². The van der Waals surface area contributed by atoms with E-state index in [-0.39, 0.29) is 24.4 Å². The molecule has 3 rings (SSSR count). The Morgan fingerprint density at radius 2 is 2.36 bits per heavy atom. The molecule has 4 N–H and O–H groups in total. The highest BCUT2D eigenvalue weighted by molar-refractivity contribution is 6.07. The number of H-pyrrole nitrogens is 1. The number of carbonyl (C=O) groups is 1. The van der Waals surface area contributed by atoms with Crippen molar-refractivity contribution in [3.8, 4) is 0 Å². The van der Waals surface area contributed by atoms with Crippen molar-refractivity contribution in [1.82, 2.24) is 9.97 Å². The molecule has 1 aliphatic heterocycles. The zero-order chi connectivity index (χ0) is 17.3. The molecule has 2 atom stereocenters. The van der Waals surface area contributed by atoms with Gasteiger partial charge in [-0.25, -0.2) is 9.37 Å². The number of aromatic amines is 1. The number of piperidine rings is 1. The molecule has 1 unspecified atom stereocenters. The number of methoxy groups -OCH3 is 1. The SMILES string of the molecule is COC(C)C(=O)Nc1c[nH]c2ncc(F)c(N3CCC[C@@H](N)C3)c12.Cl. The Kier molecular flexibility index (Phi) is 6.21. The monoisotopic (exact) mass is 371 g/mol. The molecule has 2 aromatic rings. The average molecular weight is 372 g/mol. The van der Waals surface area contributed by atoms with Crippen molar-refractivity contribution in [3.05, 3.63) is 18.2 Å². The molecule has 1 saturated heterocycles. The number of rotatable bonds is 4. The standard InChI is InChI=1S/C16H22FN5O2.ClH/c1-9(24-2)16(23)21-12-7-20-15-13(12)14(11(17)6-19-15)22-5-3-4-10(18)8-22;/h6-7,9-10H,3-5,8,18H2,1-2H3,(H,19,20)(H,21,23);1H/t9?,10-;/m1./s1. The third-order valence-corrected chi connectivity index (χ3v) is 4.38. The highest BCUT2D eigenvalue weighted by Gasteiger charge is 2.25. The van der Waals surface area contributed by atoms with Crippen LogP contribution < -0.4 is 16.0 Å². The molecule has 0 aromatic carbocycles. The predicted molar refractivity (Wildman–Crippen MR) is 97.8 cm³/mol. The van der Waals surface area contributed by atoms with Gasteiger partial charge in [0.15, 0.2) is 5.82 Å². The minimum absolute atomic E-state index is 0. The van der Waals surface area contributed by atoms with Gasteiger partial charge in [0, 0.05) is 32.4 Å². The van der Waals surface area contributed by atoms with Gasteiger partial charge in [0.1, 0.15) is 11.8 Å². The lowest BCUT2D eigenvalue weighted by atomic mass is 10.1. The van der Waals surface area contributed by atoms with E-state index in [0.717, 1.165) is 19.4 Å². The number of hydrogen-bond donors (Lipinski definition) is 3. The molecule has 1 amide bonds. The Morgan fingerprint density at radius 1 is 1.60 bits per heavy atom. The normalized spacial score (nSPS) is 18.7. The van der Waals surface area contributed by atoms with Crippen molar-refractivity contribution >= 4 is 40.7 Å². The number of hydrogen-bond acceptors (Lipinski definition) is 5. The summed E-state index contributed by atoms with van der Waals surface area (Å²) in [4.78, 5) is 21.1. The van der Waals surface area contributed by atoms with Crippen molar-refractivity contribution < 1.29 is 13.9 Å². The fourth-order valence-electron chi connectivity index (χ4n) is 3.02. The Bertz CT molecular complexity index is 753. The second-order valence-electron chi connectivity index (χ2n) is 6.10. The molecule has 0 saturated carbocycles. The van der Waals surface area contributed by atoms with Crippen LogP contribution in [0.5, 0.6) is 0 Å². The number of ether oxygens (including phenoxy) is 1. The summed E-state index contributed by atoms with van der Waals surface area (Å²) in [6, 6.07) is 0.00635. The Morgan fingerprint density at radius 3 is 3.04 bits per heavy atom. The van der Waals surface area contributed by atoms with Crippen molar-refractivity contribution in [2.45, 2.75) is 31.9 Å². The second kappa shape index (κ2) is 7.99. The zero-order valence-corrected chi connectivity index (χ0v) is 15.0. The topological polar surface area (TPSA) is 96.3 Å². The third kappa shape index (κ3) is 3.86. The molecular weight excluding hydrogens is 349 g/mol. The average Bonchev–Trinajstić information content (AvgIpc) is 2.96. The highest BCUT2D eigenvalue weighted by Crippen LogP contribution is 2.35. The molecule has 0 aliphatic carbocycles. The van der Waals surface area contributed by atoms with Crippen LogP contribution in [0.15, 0.2) is 12.4 Å². The number of pyridine rings is 1. The summed E-state index contributed by atoms with van der Waals surface area (Å²) < 4.78 is 19.6. The number of nitrogens with two attached hydrogens (primary N) is 1. The van der Waals surface area contributed by atoms with Gasteiger partial charge in [0.05, 0.1) is 23.0 Å². The van der Waals surface area contributed by atoms with Gasteiger partial charge in [-0.15, -0.1) is 12.4 Å². The fraction of sp³-hybridized carbons (Fsp3) is 0.500. The smallest absolute Gasteiger partial charge is 0.253 e. The van der Waals surface area contributed by atoms with Crippen LogP contribution in [0.25, 0.3) is 11.0 Å². The molecule has 2 aromatic heterocycles. The van der Waals surface area contributed by atoms with E-state index in [0.29, 0.717) is 29.0 Å². The molecule has 138 valence electrons. The van der Waals surface area contributed by atoms with Gasteiger partial charge in [-0.3, -0.25) is 4.79 Å². The zero-order valence-electron chi connectivity index (χ0n) is 14.2. The molecule has 1 aliphatic rings. The maximum Gasteiger partial charge on any atom is 0.253 e. The quantitative estimate of drug-likeness (QED) is 0.764. The van der Waals surface area contributed by atoms with Crippen LogP contribution in [0.2, 0.25) is 0 Å². The molecule has 1 fully saturated rings. The molecule has 7 nitrogen and oxygen atoms in total. The Labute approximate surface area is 151 Å². The molecule has 9 heteroatoms. The van der Waals surface area contributed by atoms with E-state index in [9.17, 15) is 9.18 Å². The number of halogens is 2. The number of fused-ring (bicyclic) bond motifs is 1. The van der Waals surface area contributed by atoms with Gasteiger partial charge in [-0.1, -0.05) is 0 Å². The van der Waals surface area contributed by atoms with E-state index in [1.807, 2.05) is 4.90 Å². The first-order valence-corrected chi connectivity index (χ1v) is 8.01. The lowest BCUT2D eigenvalue weighted by Gasteiger charge is -2.33. The molecular formula is C16H23ClFN5O2. The summed E-state index contributed by atoms with van der Waals surface area (Å²) in [6.07, 6.45) is 4.03. The maximum atomic E-state index is 14.6. The fourth-order valence-corrected chi connectivity index (χ4v) is 3.02. The lowest BCUT2D eigenvalue weighted by Crippen LogP contribution is -2.43. The molecule has 0 bridgehead atoms. The first kappa shape index (κ1) is 19.4. The minimum Gasteiger partial charge on any atom is -0.372 e. The first-order valence-electron chi connectivity index (χ1n) is 8.01. The van der Waals surface area contributed by atoms with E-state index < -0.39 is 11.9 Å². The van der Waals surface area contributed by atoms with Crippen LogP contribution in [0, 0.1) is 5.82 Å². The van der Waals surface area contributed by atoms with Gasteiger partial charge in [0.2, 0.25) is 0 Å². The van der Waals surface area contributed by atoms with E-state index in [2.05, 4.69) is 15.3 Å². The third-order valence-electron chi connectivity index (χ3n) is 4.38. The van der Waals surface area contributed by atoms with Gasteiger partial charge in [0.25, 0.3) is 5.91 Å². The number of aromatic nitrogens is 2. The summed E-state index contributed by atoms with van der Waals surface area (Å²) in [5, 5.41) is 3.33. The Hall–Kier alpha value is -1.90. The van der Waals surface area contributed by atoms with Crippen LogP contribution in [0.3, 0.4) is 0 Å². The minimum atomic E-state index is -0.608. The number of nitrogens with one attached hydrogen (secondary N) is 2. The molecule has 0 radical (unpaired) electrons. The van der Waals surface area contributed by atoms with Crippen LogP contribution in [0.1, 0.15) is 19.8 Å². The van der Waals surface area contributed by atoms with Crippen molar-refractivity contribution in [2.75, 3.05) is 30.4 Å². The lowest BCUT2D eigenvalue weighted by molar-refractivity contribution is -0.124. The predicted octanol–water partition coefficient (Wildman–Crippen LogP) is 2.02. The summed E-state index contributed by atoms with van der Waals surface area (Å²) in [7, 11) is 1.46. The van der Waals surface area contributed by atoms with Gasteiger partial charge < -0.3 is 25.7 Å². The maximum absolute atomic E-state index is 14.6. The summed E-state index contributed by atoms with van der Waals surface area (Å²) >= 11 is 0. The summed E-state index contributed by atoms with van der Waals surface area (Å²) in [5.41, 5.74) is 7.47. The summed E-state index contributed by atoms with van der Waals surface area (Å²) in [6.45, 7) is 2.94. The van der Waals surface area contributed by atoms with Gasteiger partial charge in [-0.05, 0) is 19.8 Å². The van der Waals surface area contributed by atoms with Crippen molar-refractivity contribution in [2.24, 2.45) is 5.73 Å². The first-order chi connectivity index (χ1) is 11.5. The Balaban J connectivity index is 0.00000225. The second-order valence-corrected chi connectivity index (χ2v) is 6.10. The summed E-state index contributed by atoms with van der Waals surface area (Å²) in [5.74, 6) is -0.726. The van der Waals surface area contributed by atoms with E-state index in [1.54, 1.807) is 13.1 Å². The van der Waals surface area contributed by atoms with Gasteiger partial charge >= 0.3 is 0 Å². The van der Waals surface area contributed by atoms with Crippen LogP contribution in [-0.2, 0) is 9.53 Å². The van der Waals surface area contributed by atoms with Crippen molar-refractivity contribution in [3.63, 3.8) is 0 Å². The van der Waals surface area contributed by atoms with Crippen LogP contribution >= 0.6 is 12.4 Å². The number of anilines is 2. The largest absolute Gasteiger partial charge is 0.372 e. The van der Waals surface area contributed by atoms with Crippen molar-refractivity contribution in [1.29, 1.82) is 0 Å². The molecule has 0 spiro atoms. The highest BCUT2D eigenvalue weighted by atomic mass is 35.5. The van der Waals surface area contributed by atoms with Gasteiger partial charge in [-0.2, -0.15) is 0 Å². The number of nitrogens with zero attached hydrogens (tertiary/aromatic N) is 2. The van der Waals surface area contributed by atoms with Crippen LogP contribution in [0.4, 0.5) is 15.8 Å².